The molecule has 1 aliphatic rings. The summed E-state index contributed by atoms with van der Waals surface area (Å²) in [4.78, 5) is 6.79. The van der Waals surface area contributed by atoms with Crippen LogP contribution in [0, 0.1) is 0 Å². The highest BCUT2D eigenvalue weighted by Gasteiger charge is 2.20. The summed E-state index contributed by atoms with van der Waals surface area (Å²) in [5.41, 5.74) is 6.62. The van der Waals surface area contributed by atoms with Gasteiger partial charge in [0.15, 0.2) is 0 Å². The van der Waals surface area contributed by atoms with Crippen molar-refractivity contribution in [1.82, 2.24) is 4.98 Å². The van der Waals surface area contributed by atoms with Crippen molar-refractivity contribution in [2.75, 3.05) is 11.4 Å². The van der Waals surface area contributed by atoms with Crippen molar-refractivity contribution in [1.29, 1.82) is 0 Å². The number of hydrogen-bond acceptors (Lipinski definition) is 3. The number of hydrogen-bond donors (Lipinski definition) is 1. The van der Waals surface area contributed by atoms with Crippen LogP contribution in [-0.4, -0.2) is 17.6 Å². The van der Waals surface area contributed by atoms with Gasteiger partial charge < -0.3 is 10.6 Å². The van der Waals surface area contributed by atoms with E-state index in [2.05, 4.69) is 28.9 Å². The van der Waals surface area contributed by atoms with Gasteiger partial charge in [-0.2, -0.15) is 0 Å². The van der Waals surface area contributed by atoms with Crippen molar-refractivity contribution in [3.05, 3.63) is 23.9 Å². The van der Waals surface area contributed by atoms with Crippen molar-refractivity contribution < 1.29 is 0 Å². The van der Waals surface area contributed by atoms with E-state index in [0.717, 1.165) is 17.9 Å². The molecule has 0 unspecified atom stereocenters. The van der Waals surface area contributed by atoms with E-state index in [1.54, 1.807) is 0 Å². The maximum atomic E-state index is 5.53. The van der Waals surface area contributed by atoms with Gasteiger partial charge in [0.2, 0.25) is 0 Å². The topological polar surface area (TPSA) is 42.1 Å². The number of nitrogens with two attached hydrogens (primary N) is 1. The lowest BCUT2D eigenvalue weighted by molar-refractivity contribution is 0.727. The summed E-state index contributed by atoms with van der Waals surface area (Å²) in [7, 11) is 0. The minimum atomic E-state index is 0. The quantitative estimate of drug-likeness (QED) is 0.840. The summed E-state index contributed by atoms with van der Waals surface area (Å²) in [5.74, 6) is 1.09. The summed E-state index contributed by atoms with van der Waals surface area (Å²) < 4.78 is 0. The Bertz CT molecular complexity index is 299. The normalized spacial score (nSPS) is 20.1. The summed E-state index contributed by atoms with van der Waals surface area (Å²) in [6.45, 7) is 3.96. The molecule has 84 valence electrons. The molecule has 1 atom stereocenters. The summed E-state index contributed by atoms with van der Waals surface area (Å²) in [5, 5.41) is 0. The number of anilines is 1. The Kier molecular flexibility index (Phi) is 4.36. The standard InChI is InChI=1S/C11H17N3.ClH/c1-9-3-2-6-14(9)11-5-4-10(7-12)8-13-11;/h4-5,8-9H,2-3,6-7,12H2,1H3;1H/t9-;/m0./s1. The molecular formula is C11H18ClN3. The van der Waals surface area contributed by atoms with E-state index >= 15 is 0 Å². The fourth-order valence-electron chi connectivity index (χ4n) is 1.98. The first-order chi connectivity index (χ1) is 6.81. The Morgan fingerprint density at radius 2 is 2.33 bits per heavy atom. The highest BCUT2D eigenvalue weighted by molar-refractivity contribution is 5.85. The third-order valence-electron chi connectivity index (χ3n) is 2.89. The lowest BCUT2D eigenvalue weighted by Gasteiger charge is -2.22. The predicted octanol–water partition coefficient (Wildman–Crippen LogP) is 1.95. The maximum Gasteiger partial charge on any atom is 0.128 e. The molecule has 0 amide bonds. The zero-order chi connectivity index (χ0) is 9.97. The molecule has 1 aromatic heterocycles. The molecule has 0 aromatic carbocycles. The fourth-order valence-corrected chi connectivity index (χ4v) is 1.98. The van der Waals surface area contributed by atoms with E-state index in [1.165, 1.54) is 12.8 Å². The van der Waals surface area contributed by atoms with Crippen LogP contribution in [0.5, 0.6) is 0 Å². The molecule has 1 saturated heterocycles. The largest absolute Gasteiger partial charge is 0.354 e. The van der Waals surface area contributed by atoms with E-state index in [9.17, 15) is 0 Å². The third-order valence-corrected chi connectivity index (χ3v) is 2.89. The van der Waals surface area contributed by atoms with Gasteiger partial charge in [-0.25, -0.2) is 4.98 Å². The first-order valence-corrected chi connectivity index (χ1v) is 5.23. The third kappa shape index (κ3) is 2.61. The van der Waals surface area contributed by atoms with Crippen molar-refractivity contribution in [3.63, 3.8) is 0 Å². The smallest absolute Gasteiger partial charge is 0.128 e. The van der Waals surface area contributed by atoms with Crippen LogP contribution >= 0.6 is 12.4 Å². The molecule has 2 N–H and O–H groups in total. The van der Waals surface area contributed by atoms with Gasteiger partial charge in [-0.3, -0.25) is 0 Å². The van der Waals surface area contributed by atoms with Crippen LogP contribution in [0.25, 0.3) is 0 Å². The second kappa shape index (κ2) is 5.33. The zero-order valence-corrected chi connectivity index (χ0v) is 9.83. The lowest BCUT2D eigenvalue weighted by Crippen LogP contribution is -2.27. The molecule has 1 aromatic rings. The molecule has 0 aliphatic carbocycles. The Morgan fingerprint density at radius 3 is 2.80 bits per heavy atom. The second-order valence-corrected chi connectivity index (χ2v) is 3.91. The Balaban J connectivity index is 0.00000112. The van der Waals surface area contributed by atoms with Crippen molar-refractivity contribution in [3.8, 4) is 0 Å². The second-order valence-electron chi connectivity index (χ2n) is 3.91. The predicted molar refractivity (Wildman–Crippen MR) is 65.4 cm³/mol. The van der Waals surface area contributed by atoms with E-state index < -0.39 is 0 Å². The van der Waals surface area contributed by atoms with Crippen LogP contribution in [0.2, 0.25) is 0 Å². The minimum absolute atomic E-state index is 0. The van der Waals surface area contributed by atoms with Gasteiger partial charge in [0.25, 0.3) is 0 Å². The lowest BCUT2D eigenvalue weighted by atomic mass is 10.2. The molecular weight excluding hydrogens is 210 g/mol. The van der Waals surface area contributed by atoms with Crippen LogP contribution in [0.3, 0.4) is 0 Å². The van der Waals surface area contributed by atoms with Gasteiger partial charge in [0.05, 0.1) is 0 Å². The van der Waals surface area contributed by atoms with Gasteiger partial charge in [-0.1, -0.05) is 6.07 Å². The highest BCUT2D eigenvalue weighted by atomic mass is 35.5. The first-order valence-electron chi connectivity index (χ1n) is 5.23. The maximum absolute atomic E-state index is 5.53. The van der Waals surface area contributed by atoms with E-state index in [1.807, 2.05) is 6.20 Å². The van der Waals surface area contributed by atoms with Crippen LogP contribution in [0.1, 0.15) is 25.3 Å². The van der Waals surface area contributed by atoms with Gasteiger partial charge in [0.1, 0.15) is 5.82 Å². The summed E-state index contributed by atoms with van der Waals surface area (Å²) in [6, 6.07) is 4.77. The molecule has 2 rings (SSSR count). The summed E-state index contributed by atoms with van der Waals surface area (Å²) >= 11 is 0. The average Bonchev–Trinajstić information content (AvgIpc) is 2.65. The Morgan fingerprint density at radius 1 is 1.53 bits per heavy atom. The molecule has 3 nitrogen and oxygen atoms in total. The van der Waals surface area contributed by atoms with Crippen LogP contribution < -0.4 is 10.6 Å². The molecule has 0 saturated carbocycles. The number of aromatic nitrogens is 1. The molecule has 2 heterocycles. The minimum Gasteiger partial charge on any atom is -0.354 e. The summed E-state index contributed by atoms with van der Waals surface area (Å²) in [6.07, 6.45) is 4.43. The van der Waals surface area contributed by atoms with Crippen LogP contribution in [0.15, 0.2) is 18.3 Å². The van der Waals surface area contributed by atoms with Gasteiger partial charge in [-0.05, 0) is 31.4 Å². The highest BCUT2D eigenvalue weighted by Crippen LogP contribution is 2.22. The van der Waals surface area contributed by atoms with Gasteiger partial charge >= 0.3 is 0 Å². The number of halogens is 1. The average molecular weight is 228 g/mol. The fraction of sp³-hybridized carbons (Fsp3) is 0.545. The molecule has 0 spiro atoms. The monoisotopic (exact) mass is 227 g/mol. The van der Waals surface area contributed by atoms with Crippen LogP contribution in [0.4, 0.5) is 5.82 Å². The SMILES string of the molecule is C[C@H]1CCCN1c1ccc(CN)cn1.Cl. The zero-order valence-electron chi connectivity index (χ0n) is 9.02. The van der Waals surface area contributed by atoms with Gasteiger partial charge in [0, 0.05) is 25.3 Å². The van der Waals surface area contributed by atoms with E-state index in [0.29, 0.717) is 12.6 Å². The number of nitrogens with zero attached hydrogens (tertiary/aromatic N) is 2. The number of rotatable bonds is 2. The molecule has 0 bridgehead atoms. The Labute approximate surface area is 97.1 Å². The van der Waals surface area contributed by atoms with E-state index in [-0.39, 0.29) is 12.4 Å². The molecule has 1 aliphatic heterocycles. The van der Waals surface area contributed by atoms with Crippen molar-refractivity contribution in [2.24, 2.45) is 5.73 Å². The van der Waals surface area contributed by atoms with Crippen molar-refractivity contribution >= 4 is 18.2 Å². The van der Waals surface area contributed by atoms with Gasteiger partial charge in [-0.15, -0.1) is 12.4 Å². The van der Waals surface area contributed by atoms with Crippen LogP contribution in [-0.2, 0) is 6.54 Å². The molecule has 1 fully saturated rings. The van der Waals surface area contributed by atoms with Crippen molar-refractivity contribution in [2.45, 2.75) is 32.4 Å². The Hall–Kier alpha value is -0.800. The van der Waals surface area contributed by atoms with E-state index in [4.69, 9.17) is 5.73 Å². The first kappa shape index (κ1) is 12.3. The molecule has 4 heteroatoms. The molecule has 15 heavy (non-hydrogen) atoms. The number of pyridine rings is 1. The molecule has 0 radical (unpaired) electrons.